The van der Waals surface area contributed by atoms with Crippen LogP contribution in [0.5, 0.6) is 0 Å². The lowest BCUT2D eigenvalue weighted by atomic mass is 10.1. The molecule has 1 aromatic carbocycles. The molecular weight excluding hydrogens is 314 g/mol. The van der Waals surface area contributed by atoms with Gasteiger partial charge in [-0.2, -0.15) is 4.31 Å². The standard InChI is InChI=1S/C13H18BrNO2S/c1-9-4-5-13(12(14)7-9)18(16,17)15-8-10(2)6-11(15)3/h4-5,7,10-11H,6,8H2,1-3H3. The molecule has 3 nitrogen and oxygen atoms in total. The van der Waals surface area contributed by atoms with E-state index in [0.29, 0.717) is 21.8 Å². The van der Waals surface area contributed by atoms with Gasteiger partial charge in [0, 0.05) is 17.1 Å². The van der Waals surface area contributed by atoms with Gasteiger partial charge in [0.25, 0.3) is 0 Å². The van der Waals surface area contributed by atoms with Crippen LogP contribution in [-0.2, 0) is 10.0 Å². The van der Waals surface area contributed by atoms with Crippen LogP contribution in [0.1, 0.15) is 25.8 Å². The average molecular weight is 332 g/mol. The first kappa shape index (κ1) is 14.0. The Morgan fingerprint density at radius 2 is 2.00 bits per heavy atom. The lowest BCUT2D eigenvalue weighted by Crippen LogP contribution is -2.34. The minimum absolute atomic E-state index is 0.0817. The van der Waals surface area contributed by atoms with E-state index >= 15 is 0 Å². The third kappa shape index (κ3) is 2.49. The maximum absolute atomic E-state index is 12.6. The number of nitrogens with zero attached hydrogens (tertiary/aromatic N) is 1. The molecule has 0 bridgehead atoms. The van der Waals surface area contributed by atoms with Crippen molar-refractivity contribution in [3.05, 3.63) is 28.2 Å². The number of benzene rings is 1. The molecule has 0 saturated carbocycles. The second kappa shape index (κ2) is 4.94. The second-order valence-corrected chi connectivity index (χ2v) is 7.91. The third-order valence-corrected chi connectivity index (χ3v) is 6.36. The fraction of sp³-hybridized carbons (Fsp3) is 0.538. The number of hydrogen-bond donors (Lipinski definition) is 0. The van der Waals surface area contributed by atoms with Crippen LogP contribution in [0.4, 0.5) is 0 Å². The van der Waals surface area contributed by atoms with Crippen LogP contribution < -0.4 is 0 Å². The predicted molar refractivity (Wildman–Crippen MR) is 76.0 cm³/mol. The van der Waals surface area contributed by atoms with Crippen LogP contribution in [0.25, 0.3) is 0 Å². The largest absolute Gasteiger partial charge is 0.244 e. The molecule has 1 saturated heterocycles. The first-order valence-electron chi connectivity index (χ1n) is 6.10. The van der Waals surface area contributed by atoms with Crippen LogP contribution in [0.15, 0.2) is 27.6 Å². The Morgan fingerprint density at radius 1 is 1.33 bits per heavy atom. The highest BCUT2D eigenvalue weighted by Gasteiger charge is 2.36. The molecule has 2 unspecified atom stereocenters. The summed E-state index contributed by atoms with van der Waals surface area (Å²) in [5.74, 6) is 0.430. The Bertz CT molecular complexity index is 556. The van der Waals surface area contributed by atoms with E-state index in [1.165, 1.54) is 0 Å². The molecule has 0 radical (unpaired) electrons. The van der Waals surface area contributed by atoms with Gasteiger partial charge < -0.3 is 0 Å². The summed E-state index contributed by atoms with van der Waals surface area (Å²) in [6, 6.07) is 5.45. The summed E-state index contributed by atoms with van der Waals surface area (Å²) in [4.78, 5) is 0.369. The van der Waals surface area contributed by atoms with Crippen molar-refractivity contribution < 1.29 is 8.42 Å². The molecule has 18 heavy (non-hydrogen) atoms. The van der Waals surface area contributed by atoms with Crippen molar-refractivity contribution in [2.45, 2.75) is 38.1 Å². The molecule has 1 aliphatic heterocycles. The fourth-order valence-corrected chi connectivity index (χ4v) is 5.45. The van der Waals surface area contributed by atoms with E-state index in [1.807, 2.05) is 26.0 Å². The van der Waals surface area contributed by atoms with Crippen LogP contribution in [0.3, 0.4) is 0 Å². The molecular formula is C13H18BrNO2S. The van der Waals surface area contributed by atoms with Crippen molar-refractivity contribution in [2.75, 3.05) is 6.54 Å². The van der Waals surface area contributed by atoms with Gasteiger partial charge in [-0.15, -0.1) is 0 Å². The molecule has 0 N–H and O–H groups in total. The molecule has 0 aromatic heterocycles. The number of hydrogen-bond acceptors (Lipinski definition) is 2. The Hall–Kier alpha value is -0.390. The van der Waals surface area contributed by atoms with Crippen molar-refractivity contribution in [3.8, 4) is 0 Å². The fourth-order valence-electron chi connectivity index (χ4n) is 2.54. The zero-order valence-electron chi connectivity index (χ0n) is 10.9. The summed E-state index contributed by atoms with van der Waals surface area (Å²) in [6.07, 6.45) is 0.933. The Balaban J connectivity index is 2.42. The third-order valence-electron chi connectivity index (χ3n) is 3.40. The van der Waals surface area contributed by atoms with Crippen LogP contribution in [0, 0.1) is 12.8 Å². The first-order valence-corrected chi connectivity index (χ1v) is 8.33. The van der Waals surface area contributed by atoms with Gasteiger partial charge in [0.05, 0.1) is 4.90 Å². The quantitative estimate of drug-likeness (QED) is 0.834. The highest BCUT2D eigenvalue weighted by atomic mass is 79.9. The van der Waals surface area contributed by atoms with E-state index in [-0.39, 0.29) is 6.04 Å². The summed E-state index contributed by atoms with van der Waals surface area (Å²) in [7, 11) is -3.38. The summed E-state index contributed by atoms with van der Waals surface area (Å²) >= 11 is 3.36. The molecule has 2 rings (SSSR count). The van der Waals surface area contributed by atoms with E-state index in [1.54, 1.807) is 10.4 Å². The summed E-state index contributed by atoms with van der Waals surface area (Å²) in [6.45, 7) is 6.63. The van der Waals surface area contributed by atoms with Gasteiger partial charge in [0.1, 0.15) is 0 Å². The van der Waals surface area contributed by atoms with E-state index in [2.05, 4.69) is 22.9 Å². The predicted octanol–water partition coefficient (Wildman–Crippen LogP) is 3.18. The van der Waals surface area contributed by atoms with E-state index in [0.717, 1.165) is 12.0 Å². The molecule has 1 aliphatic rings. The van der Waals surface area contributed by atoms with Gasteiger partial charge in [-0.05, 0) is 59.8 Å². The average Bonchev–Trinajstić information content (AvgIpc) is 2.57. The van der Waals surface area contributed by atoms with E-state index in [4.69, 9.17) is 0 Å². The zero-order valence-corrected chi connectivity index (χ0v) is 13.3. The minimum atomic E-state index is -3.38. The molecule has 0 aliphatic carbocycles. The number of halogens is 1. The molecule has 0 spiro atoms. The Kier molecular flexibility index (Phi) is 3.85. The molecule has 100 valence electrons. The van der Waals surface area contributed by atoms with Gasteiger partial charge in [-0.25, -0.2) is 8.42 Å². The van der Waals surface area contributed by atoms with Crippen molar-refractivity contribution in [2.24, 2.45) is 5.92 Å². The van der Waals surface area contributed by atoms with Crippen LogP contribution in [-0.4, -0.2) is 25.3 Å². The van der Waals surface area contributed by atoms with Gasteiger partial charge in [-0.1, -0.05) is 13.0 Å². The van der Waals surface area contributed by atoms with Crippen LogP contribution in [0.2, 0.25) is 0 Å². The molecule has 1 heterocycles. The zero-order chi connectivity index (χ0) is 13.5. The molecule has 2 atom stereocenters. The number of rotatable bonds is 2. The summed E-state index contributed by atoms with van der Waals surface area (Å²) in [5, 5.41) is 0. The van der Waals surface area contributed by atoms with Crippen LogP contribution >= 0.6 is 15.9 Å². The molecule has 5 heteroatoms. The highest BCUT2D eigenvalue weighted by Crippen LogP contribution is 2.32. The topological polar surface area (TPSA) is 37.4 Å². The second-order valence-electron chi connectivity index (χ2n) is 5.20. The highest BCUT2D eigenvalue weighted by molar-refractivity contribution is 9.10. The molecule has 0 amide bonds. The van der Waals surface area contributed by atoms with Crippen molar-refractivity contribution in [3.63, 3.8) is 0 Å². The van der Waals surface area contributed by atoms with E-state index in [9.17, 15) is 8.42 Å². The Labute approximate surface area is 117 Å². The SMILES string of the molecule is Cc1ccc(S(=O)(=O)N2CC(C)CC2C)c(Br)c1. The van der Waals surface area contributed by atoms with Crippen molar-refractivity contribution in [1.82, 2.24) is 4.31 Å². The lowest BCUT2D eigenvalue weighted by Gasteiger charge is -2.21. The van der Waals surface area contributed by atoms with Crippen molar-refractivity contribution in [1.29, 1.82) is 0 Å². The first-order chi connectivity index (χ1) is 8.32. The van der Waals surface area contributed by atoms with Gasteiger partial charge >= 0.3 is 0 Å². The molecule has 1 aromatic rings. The normalized spacial score (nSPS) is 25.6. The molecule has 1 fully saturated rings. The van der Waals surface area contributed by atoms with Crippen molar-refractivity contribution >= 4 is 26.0 Å². The Morgan fingerprint density at radius 3 is 2.50 bits per heavy atom. The maximum atomic E-state index is 12.6. The van der Waals surface area contributed by atoms with Gasteiger partial charge in [0.15, 0.2) is 0 Å². The smallest absolute Gasteiger partial charge is 0.207 e. The maximum Gasteiger partial charge on any atom is 0.244 e. The monoisotopic (exact) mass is 331 g/mol. The minimum Gasteiger partial charge on any atom is -0.207 e. The van der Waals surface area contributed by atoms with Gasteiger partial charge in [0.2, 0.25) is 10.0 Å². The number of aryl methyl sites for hydroxylation is 1. The summed E-state index contributed by atoms with van der Waals surface area (Å²) in [5.41, 5.74) is 1.05. The van der Waals surface area contributed by atoms with Gasteiger partial charge in [-0.3, -0.25) is 0 Å². The summed E-state index contributed by atoms with van der Waals surface area (Å²) < 4.78 is 27.5. The number of sulfonamides is 1. The van der Waals surface area contributed by atoms with E-state index < -0.39 is 10.0 Å². The lowest BCUT2D eigenvalue weighted by molar-refractivity contribution is 0.405.